The van der Waals surface area contributed by atoms with Gasteiger partial charge in [0.1, 0.15) is 12.4 Å². The van der Waals surface area contributed by atoms with Gasteiger partial charge in [0.2, 0.25) is 0 Å². The van der Waals surface area contributed by atoms with Crippen LogP contribution >= 0.6 is 11.6 Å². The molecule has 1 saturated heterocycles. The van der Waals surface area contributed by atoms with Crippen LogP contribution in [-0.2, 0) is 0 Å². The molecule has 7 heteroatoms. The maximum Gasteiger partial charge on any atom is 0.313 e. The van der Waals surface area contributed by atoms with Crippen molar-refractivity contribution < 1.29 is 14.1 Å². The van der Waals surface area contributed by atoms with Crippen LogP contribution in [0.4, 0.5) is 10.1 Å². The number of ether oxygens (including phenoxy) is 1. The van der Waals surface area contributed by atoms with Crippen LogP contribution in [0.1, 0.15) is 19.3 Å². The van der Waals surface area contributed by atoms with Crippen molar-refractivity contribution in [3.05, 3.63) is 33.1 Å². The quantitative estimate of drug-likeness (QED) is 0.683. The lowest BCUT2D eigenvalue weighted by Gasteiger charge is -2.23. The first-order valence-corrected chi connectivity index (χ1v) is 6.45. The first-order chi connectivity index (χ1) is 9.08. The molecule has 0 amide bonds. The van der Waals surface area contributed by atoms with E-state index < -0.39 is 16.4 Å². The lowest BCUT2D eigenvalue weighted by molar-refractivity contribution is -0.386. The average molecular weight is 289 g/mol. The van der Waals surface area contributed by atoms with E-state index in [1.165, 1.54) is 0 Å². The van der Waals surface area contributed by atoms with E-state index in [-0.39, 0.29) is 16.8 Å². The first kappa shape index (κ1) is 14.0. The number of hydrogen-bond donors (Lipinski definition) is 1. The van der Waals surface area contributed by atoms with Gasteiger partial charge >= 0.3 is 5.69 Å². The van der Waals surface area contributed by atoms with Crippen molar-refractivity contribution in [3.8, 4) is 5.75 Å². The molecule has 1 atom stereocenters. The van der Waals surface area contributed by atoms with Gasteiger partial charge in [-0.15, -0.1) is 0 Å². The van der Waals surface area contributed by atoms with Gasteiger partial charge in [0, 0.05) is 12.1 Å². The van der Waals surface area contributed by atoms with Crippen molar-refractivity contribution in [3.63, 3.8) is 0 Å². The number of nitrogens with one attached hydrogen (secondary N) is 1. The van der Waals surface area contributed by atoms with Crippen molar-refractivity contribution >= 4 is 17.3 Å². The zero-order chi connectivity index (χ0) is 13.8. The Balaban J connectivity index is 2.09. The molecule has 0 spiro atoms. The van der Waals surface area contributed by atoms with E-state index in [4.69, 9.17) is 16.3 Å². The third kappa shape index (κ3) is 3.54. The second-order valence-electron chi connectivity index (χ2n) is 4.45. The molecular weight excluding hydrogens is 275 g/mol. The van der Waals surface area contributed by atoms with Gasteiger partial charge in [-0.2, -0.15) is 0 Å². The molecule has 0 saturated carbocycles. The molecule has 1 heterocycles. The Kier molecular flexibility index (Phi) is 4.55. The van der Waals surface area contributed by atoms with Gasteiger partial charge in [-0.3, -0.25) is 10.1 Å². The molecule has 1 aromatic carbocycles. The third-order valence-electron chi connectivity index (χ3n) is 3.05. The highest BCUT2D eigenvalue weighted by atomic mass is 35.5. The highest BCUT2D eigenvalue weighted by Crippen LogP contribution is 2.32. The zero-order valence-corrected chi connectivity index (χ0v) is 11.0. The summed E-state index contributed by atoms with van der Waals surface area (Å²) in [5.74, 6) is -0.819. The normalized spacial score (nSPS) is 19.2. The molecule has 0 aromatic heterocycles. The number of nitro benzene ring substituents is 1. The SMILES string of the molecule is O=[N+]([O-])c1cc(F)c(Cl)cc1OCC1CCCCN1. The van der Waals surface area contributed by atoms with E-state index in [9.17, 15) is 14.5 Å². The lowest BCUT2D eigenvalue weighted by Crippen LogP contribution is -2.38. The van der Waals surface area contributed by atoms with E-state index in [0.717, 1.165) is 37.9 Å². The molecule has 0 aliphatic carbocycles. The fourth-order valence-corrected chi connectivity index (χ4v) is 2.19. The fourth-order valence-electron chi connectivity index (χ4n) is 2.03. The molecule has 1 aliphatic heterocycles. The van der Waals surface area contributed by atoms with Gasteiger partial charge in [-0.25, -0.2) is 4.39 Å². The maximum absolute atomic E-state index is 13.2. The van der Waals surface area contributed by atoms with Gasteiger partial charge in [-0.05, 0) is 19.4 Å². The number of halogens is 2. The van der Waals surface area contributed by atoms with Gasteiger partial charge in [0.05, 0.1) is 16.0 Å². The highest BCUT2D eigenvalue weighted by Gasteiger charge is 2.21. The molecular formula is C12H14ClFN2O3. The molecule has 1 aromatic rings. The minimum absolute atomic E-state index is 0.00349. The van der Waals surface area contributed by atoms with E-state index in [0.29, 0.717) is 6.61 Å². The van der Waals surface area contributed by atoms with Crippen molar-refractivity contribution in [2.24, 2.45) is 0 Å². The summed E-state index contributed by atoms with van der Waals surface area (Å²) in [6.07, 6.45) is 3.19. The smallest absolute Gasteiger partial charge is 0.313 e. The molecule has 1 fully saturated rings. The Bertz CT molecular complexity index is 478. The third-order valence-corrected chi connectivity index (χ3v) is 3.34. The van der Waals surface area contributed by atoms with Crippen LogP contribution in [0.3, 0.4) is 0 Å². The molecule has 1 N–H and O–H groups in total. The molecule has 1 unspecified atom stereocenters. The molecule has 0 bridgehead atoms. The number of piperidine rings is 1. The fraction of sp³-hybridized carbons (Fsp3) is 0.500. The number of nitro groups is 1. The largest absolute Gasteiger partial charge is 0.485 e. The van der Waals surface area contributed by atoms with Crippen molar-refractivity contribution in [2.75, 3.05) is 13.2 Å². The van der Waals surface area contributed by atoms with Gasteiger partial charge in [-0.1, -0.05) is 18.0 Å². The van der Waals surface area contributed by atoms with Crippen LogP contribution in [0.25, 0.3) is 0 Å². The van der Waals surface area contributed by atoms with Crippen LogP contribution in [0.15, 0.2) is 12.1 Å². The van der Waals surface area contributed by atoms with Crippen molar-refractivity contribution in [1.82, 2.24) is 5.32 Å². The Morgan fingerprint density at radius 3 is 2.95 bits per heavy atom. The Hall–Kier alpha value is -1.40. The second kappa shape index (κ2) is 6.16. The standard InChI is InChI=1S/C12H14ClFN2O3/c13-9-5-12(11(16(17)18)6-10(9)14)19-7-8-3-1-2-4-15-8/h5-6,8,15H,1-4,7H2. The summed E-state index contributed by atoms with van der Waals surface area (Å²) < 4.78 is 18.6. The number of rotatable bonds is 4. The molecule has 2 rings (SSSR count). The van der Waals surface area contributed by atoms with Crippen LogP contribution < -0.4 is 10.1 Å². The van der Waals surface area contributed by atoms with Crippen LogP contribution in [-0.4, -0.2) is 24.1 Å². The molecule has 0 radical (unpaired) electrons. The van der Waals surface area contributed by atoms with E-state index in [2.05, 4.69) is 5.32 Å². The topological polar surface area (TPSA) is 64.4 Å². The number of hydrogen-bond acceptors (Lipinski definition) is 4. The van der Waals surface area contributed by atoms with Crippen LogP contribution in [0.2, 0.25) is 5.02 Å². The number of nitrogens with zero attached hydrogens (tertiary/aromatic N) is 1. The molecule has 1 aliphatic rings. The molecule has 104 valence electrons. The molecule has 19 heavy (non-hydrogen) atoms. The van der Waals surface area contributed by atoms with E-state index in [1.807, 2.05) is 0 Å². The Labute approximate surface area is 114 Å². The minimum Gasteiger partial charge on any atom is -0.485 e. The summed E-state index contributed by atoms with van der Waals surface area (Å²) >= 11 is 5.62. The Morgan fingerprint density at radius 2 is 2.32 bits per heavy atom. The van der Waals surface area contributed by atoms with E-state index in [1.54, 1.807) is 0 Å². The van der Waals surface area contributed by atoms with Crippen LogP contribution in [0.5, 0.6) is 5.75 Å². The molecule has 5 nitrogen and oxygen atoms in total. The second-order valence-corrected chi connectivity index (χ2v) is 4.86. The lowest BCUT2D eigenvalue weighted by atomic mass is 10.1. The van der Waals surface area contributed by atoms with Crippen molar-refractivity contribution in [1.29, 1.82) is 0 Å². The van der Waals surface area contributed by atoms with E-state index >= 15 is 0 Å². The summed E-state index contributed by atoms with van der Waals surface area (Å²) in [4.78, 5) is 10.2. The monoisotopic (exact) mass is 288 g/mol. The van der Waals surface area contributed by atoms with Gasteiger partial charge < -0.3 is 10.1 Å². The number of benzene rings is 1. The highest BCUT2D eigenvalue weighted by molar-refractivity contribution is 6.31. The van der Waals surface area contributed by atoms with Crippen LogP contribution in [0, 0.1) is 15.9 Å². The predicted molar refractivity (Wildman–Crippen MR) is 69.2 cm³/mol. The summed E-state index contributed by atoms with van der Waals surface area (Å²) in [6.45, 7) is 1.23. The first-order valence-electron chi connectivity index (χ1n) is 6.07. The minimum atomic E-state index is -0.823. The summed E-state index contributed by atoms with van der Waals surface area (Å²) in [5.41, 5.74) is -0.405. The maximum atomic E-state index is 13.2. The zero-order valence-electron chi connectivity index (χ0n) is 10.2. The van der Waals surface area contributed by atoms with Crippen molar-refractivity contribution in [2.45, 2.75) is 25.3 Å². The van der Waals surface area contributed by atoms with Gasteiger partial charge in [0.25, 0.3) is 0 Å². The van der Waals surface area contributed by atoms with Gasteiger partial charge in [0.15, 0.2) is 5.75 Å². The Morgan fingerprint density at radius 1 is 1.53 bits per heavy atom. The predicted octanol–water partition coefficient (Wildman–Crippen LogP) is 2.91. The summed E-state index contributed by atoms with van der Waals surface area (Å²) in [5, 5.41) is 13.9. The average Bonchev–Trinajstić information content (AvgIpc) is 2.40. The summed E-state index contributed by atoms with van der Waals surface area (Å²) in [7, 11) is 0. The summed E-state index contributed by atoms with van der Waals surface area (Å²) in [6, 6.07) is 2.10.